The lowest BCUT2D eigenvalue weighted by Gasteiger charge is -2.08. The summed E-state index contributed by atoms with van der Waals surface area (Å²) in [5.41, 5.74) is 2.16. The Morgan fingerprint density at radius 2 is 1.96 bits per heavy atom. The molecule has 0 atom stereocenters. The number of nitrogens with one attached hydrogen (secondary N) is 1. The summed E-state index contributed by atoms with van der Waals surface area (Å²) >= 11 is 1.55. The minimum atomic E-state index is -1.49. The molecule has 116 valence electrons. The molecule has 23 heavy (non-hydrogen) atoms. The number of amides is 1. The van der Waals surface area contributed by atoms with Gasteiger partial charge in [-0.3, -0.25) is 4.79 Å². The fraction of sp³-hybridized carbons (Fsp3) is 0.118. The van der Waals surface area contributed by atoms with Crippen LogP contribution in [0.1, 0.15) is 11.1 Å². The highest BCUT2D eigenvalue weighted by Crippen LogP contribution is 2.29. The number of anilines is 1. The lowest BCUT2D eigenvalue weighted by Crippen LogP contribution is -2.30. The van der Waals surface area contributed by atoms with E-state index in [0.717, 1.165) is 26.2 Å². The molecule has 0 spiro atoms. The Morgan fingerprint density at radius 3 is 2.65 bits per heavy atom. The summed E-state index contributed by atoms with van der Waals surface area (Å²) in [6.45, 7) is 1.86. The molecule has 4 nitrogen and oxygen atoms in total. The number of aryl methyl sites for hydroxylation is 1. The first-order chi connectivity index (χ1) is 11.0. The second kappa shape index (κ2) is 6.54. The van der Waals surface area contributed by atoms with Crippen LogP contribution in [0.25, 0.3) is 10.1 Å². The van der Waals surface area contributed by atoms with Crippen molar-refractivity contribution in [3.8, 4) is 0 Å². The Kier molecular flexibility index (Phi) is 4.47. The first kappa shape index (κ1) is 15.7. The molecule has 0 aliphatic rings. The third-order valence-electron chi connectivity index (χ3n) is 3.70. The van der Waals surface area contributed by atoms with E-state index in [-0.39, 0.29) is 12.3 Å². The fourth-order valence-corrected chi connectivity index (χ4v) is 3.46. The summed E-state index contributed by atoms with van der Waals surface area (Å²) in [5.74, 6) is -0.0862. The molecule has 1 heterocycles. The fourth-order valence-electron chi connectivity index (χ4n) is 2.48. The first-order valence-electron chi connectivity index (χ1n) is 7.27. The zero-order valence-corrected chi connectivity index (χ0v) is 13.4. The standard InChI is InChI=1S/C17H16BNO3S/c1-11-8-14(18(21)22)7-6-12(11)9-16(20)19-17-10-13-4-2-3-5-15(13)23-17/h2-8,10,21-22H,9H2,1H3,(H,19,20). The Labute approximate surface area is 138 Å². The van der Waals surface area contributed by atoms with E-state index in [1.165, 1.54) is 0 Å². The summed E-state index contributed by atoms with van der Waals surface area (Å²) in [6, 6.07) is 15.0. The molecular weight excluding hydrogens is 309 g/mol. The zero-order valence-electron chi connectivity index (χ0n) is 12.6. The van der Waals surface area contributed by atoms with E-state index in [1.54, 1.807) is 29.5 Å². The topological polar surface area (TPSA) is 69.6 Å². The van der Waals surface area contributed by atoms with E-state index in [0.29, 0.717) is 5.46 Å². The number of carbonyl (C=O) groups is 1. The maximum absolute atomic E-state index is 12.2. The molecule has 3 aromatic rings. The van der Waals surface area contributed by atoms with Gasteiger partial charge in [-0.05, 0) is 41.0 Å². The normalized spacial score (nSPS) is 10.7. The van der Waals surface area contributed by atoms with Gasteiger partial charge >= 0.3 is 7.12 Å². The van der Waals surface area contributed by atoms with Gasteiger partial charge in [0.2, 0.25) is 5.91 Å². The second-order valence-corrected chi connectivity index (χ2v) is 6.52. The number of fused-ring (bicyclic) bond motifs is 1. The molecule has 0 aliphatic heterocycles. The van der Waals surface area contributed by atoms with E-state index in [9.17, 15) is 4.79 Å². The van der Waals surface area contributed by atoms with E-state index in [4.69, 9.17) is 10.0 Å². The molecule has 0 saturated heterocycles. The Bertz CT molecular complexity index is 827. The Balaban J connectivity index is 1.71. The van der Waals surface area contributed by atoms with Gasteiger partial charge in [0.25, 0.3) is 0 Å². The third-order valence-corrected chi connectivity index (χ3v) is 4.74. The SMILES string of the molecule is Cc1cc(B(O)O)ccc1CC(=O)Nc1cc2ccccc2s1. The van der Waals surface area contributed by atoms with Crippen LogP contribution in [-0.4, -0.2) is 23.1 Å². The molecule has 0 bridgehead atoms. The van der Waals surface area contributed by atoms with Gasteiger partial charge in [-0.25, -0.2) is 0 Å². The average molecular weight is 325 g/mol. The molecule has 6 heteroatoms. The number of benzene rings is 2. The minimum absolute atomic E-state index is 0.0862. The van der Waals surface area contributed by atoms with Crippen LogP contribution in [0.5, 0.6) is 0 Å². The van der Waals surface area contributed by atoms with Gasteiger partial charge in [0.05, 0.1) is 11.4 Å². The van der Waals surface area contributed by atoms with Gasteiger partial charge in [0.1, 0.15) is 0 Å². The van der Waals surface area contributed by atoms with Crippen molar-refractivity contribution in [3.05, 3.63) is 59.7 Å². The smallest absolute Gasteiger partial charge is 0.423 e. The summed E-state index contributed by atoms with van der Waals surface area (Å²) in [5, 5.41) is 23.2. The summed E-state index contributed by atoms with van der Waals surface area (Å²) in [4.78, 5) is 12.2. The molecule has 0 saturated carbocycles. The lowest BCUT2D eigenvalue weighted by atomic mass is 9.79. The van der Waals surface area contributed by atoms with Crippen LogP contribution in [0.2, 0.25) is 0 Å². The van der Waals surface area contributed by atoms with Crippen LogP contribution in [0.3, 0.4) is 0 Å². The number of rotatable bonds is 4. The van der Waals surface area contributed by atoms with Gasteiger partial charge in [0, 0.05) is 4.70 Å². The van der Waals surface area contributed by atoms with Crippen molar-refractivity contribution in [3.63, 3.8) is 0 Å². The molecule has 1 aromatic heterocycles. The monoisotopic (exact) mass is 325 g/mol. The molecule has 2 aromatic carbocycles. The Morgan fingerprint density at radius 1 is 1.17 bits per heavy atom. The average Bonchev–Trinajstić information content (AvgIpc) is 2.91. The van der Waals surface area contributed by atoms with E-state index >= 15 is 0 Å². The first-order valence-corrected chi connectivity index (χ1v) is 8.08. The van der Waals surface area contributed by atoms with Crippen molar-refractivity contribution < 1.29 is 14.8 Å². The number of thiophene rings is 1. The number of carbonyl (C=O) groups excluding carboxylic acids is 1. The Hall–Kier alpha value is -2.15. The van der Waals surface area contributed by atoms with Crippen molar-refractivity contribution in [1.82, 2.24) is 0 Å². The van der Waals surface area contributed by atoms with E-state index in [1.807, 2.05) is 37.3 Å². The van der Waals surface area contributed by atoms with Crippen LogP contribution >= 0.6 is 11.3 Å². The molecular formula is C17H16BNO3S. The van der Waals surface area contributed by atoms with Crippen LogP contribution in [-0.2, 0) is 11.2 Å². The number of hydrogen-bond donors (Lipinski definition) is 3. The zero-order chi connectivity index (χ0) is 16.4. The summed E-state index contributed by atoms with van der Waals surface area (Å²) in [6.07, 6.45) is 0.252. The van der Waals surface area contributed by atoms with Gasteiger partial charge < -0.3 is 15.4 Å². The summed E-state index contributed by atoms with van der Waals surface area (Å²) in [7, 11) is -1.49. The predicted molar refractivity (Wildman–Crippen MR) is 95.2 cm³/mol. The third kappa shape index (κ3) is 3.61. The van der Waals surface area contributed by atoms with E-state index < -0.39 is 7.12 Å². The molecule has 0 unspecified atom stereocenters. The van der Waals surface area contributed by atoms with Gasteiger partial charge in [-0.2, -0.15) is 0 Å². The van der Waals surface area contributed by atoms with Crippen LogP contribution in [0, 0.1) is 6.92 Å². The molecule has 0 aliphatic carbocycles. The number of hydrogen-bond acceptors (Lipinski definition) is 4. The van der Waals surface area contributed by atoms with Crippen molar-refractivity contribution in [1.29, 1.82) is 0 Å². The van der Waals surface area contributed by atoms with Gasteiger partial charge in [0.15, 0.2) is 0 Å². The molecule has 0 radical (unpaired) electrons. The van der Waals surface area contributed by atoms with Gasteiger partial charge in [-0.15, -0.1) is 11.3 Å². The van der Waals surface area contributed by atoms with Crippen molar-refractivity contribution >= 4 is 44.9 Å². The molecule has 0 fully saturated rings. The maximum Gasteiger partial charge on any atom is 0.488 e. The largest absolute Gasteiger partial charge is 0.488 e. The summed E-state index contributed by atoms with van der Waals surface area (Å²) < 4.78 is 1.14. The highest BCUT2D eigenvalue weighted by atomic mass is 32.1. The van der Waals surface area contributed by atoms with Crippen LogP contribution < -0.4 is 10.8 Å². The molecule has 3 rings (SSSR count). The van der Waals surface area contributed by atoms with Crippen LogP contribution in [0.15, 0.2) is 48.5 Å². The van der Waals surface area contributed by atoms with Crippen LogP contribution in [0.4, 0.5) is 5.00 Å². The highest BCUT2D eigenvalue weighted by Gasteiger charge is 2.13. The quantitative estimate of drug-likeness (QED) is 0.643. The van der Waals surface area contributed by atoms with Crippen molar-refractivity contribution in [2.24, 2.45) is 0 Å². The van der Waals surface area contributed by atoms with Crippen molar-refractivity contribution in [2.45, 2.75) is 13.3 Å². The molecule has 3 N–H and O–H groups in total. The minimum Gasteiger partial charge on any atom is -0.423 e. The van der Waals surface area contributed by atoms with Gasteiger partial charge in [-0.1, -0.05) is 36.4 Å². The highest BCUT2D eigenvalue weighted by molar-refractivity contribution is 7.22. The van der Waals surface area contributed by atoms with Crippen molar-refractivity contribution in [2.75, 3.05) is 5.32 Å². The maximum atomic E-state index is 12.2. The lowest BCUT2D eigenvalue weighted by molar-refractivity contribution is -0.115. The predicted octanol–water partition coefficient (Wildman–Crippen LogP) is 2.07. The van der Waals surface area contributed by atoms with E-state index in [2.05, 4.69) is 5.32 Å². The second-order valence-electron chi connectivity index (χ2n) is 5.43. The molecule has 1 amide bonds.